The standard InChI is InChI=1S/C10H18N2O4.ClH/c1-2-3-6(11)7(13)8(14)16-10(4-5-10)9(12)15;/h6-7,13H,2-5,11H2,1H3,(H2,12,15);1H. The van der Waals surface area contributed by atoms with Gasteiger partial charge in [-0.2, -0.15) is 0 Å². The number of aliphatic hydroxyl groups is 1. The maximum absolute atomic E-state index is 11.5. The zero-order chi connectivity index (χ0) is 12.3. The number of rotatable bonds is 6. The summed E-state index contributed by atoms with van der Waals surface area (Å²) >= 11 is 0. The van der Waals surface area contributed by atoms with E-state index >= 15 is 0 Å². The topological polar surface area (TPSA) is 116 Å². The third-order valence-electron chi connectivity index (χ3n) is 2.72. The molecule has 100 valence electrons. The first kappa shape index (κ1) is 16.1. The normalized spacial score (nSPS) is 19.7. The fourth-order valence-corrected chi connectivity index (χ4v) is 1.43. The van der Waals surface area contributed by atoms with E-state index in [9.17, 15) is 14.7 Å². The van der Waals surface area contributed by atoms with Crippen molar-refractivity contribution in [2.45, 2.75) is 50.4 Å². The molecule has 1 rings (SSSR count). The molecular formula is C10H19ClN2O4. The minimum absolute atomic E-state index is 0. The van der Waals surface area contributed by atoms with Crippen LogP contribution in [0.4, 0.5) is 0 Å². The lowest BCUT2D eigenvalue weighted by Crippen LogP contribution is -2.45. The van der Waals surface area contributed by atoms with Gasteiger partial charge in [-0.25, -0.2) is 4.79 Å². The lowest BCUT2D eigenvalue weighted by Gasteiger charge is -2.20. The van der Waals surface area contributed by atoms with Crippen LogP contribution in [0.3, 0.4) is 0 Å². The van der Waals surface area contributed by atoms with Crippen LogP contribution < -0.4 is 11.5 Å². The number of nitrogens with two attached hydrogens (primary N) is 2. The van der Waals surface area contributed by atoms with Gasteiger partial charge in [-0.15, -0.1) is 12.4 Å². The quantitative estimate of drug-likeness (QED) is 0.558. The van der Waals surface area contributed by atoms with E-state index in [4.69, 9.17) is 16.2 Å². The Hall–Kier alpha value is -0.850. The van der Waals surface area contributed by atoms with Crippen LogP contribution in [0.5, 0.6) is 0 Å². The monoisotopic (exact) mass is 266 g/mol. The molecule has 1 amide bonds. The molecule has 0 aliphatic heterocycles. The number of halogens is 1. The minimum Gasteiger partial charge on any atom is -0.447 e. The van der Waals surface area contributed by atoms with Crippen molar-refractivity contribution in [3.63, 3.8) is 0 Å². The van der Waals surface area contributed by atoms with Gasteiger partial charge in [0.25, 0.3) is 5.91 Å². The van der Waals surface area contributed by atoms with Crippen molar-refractivity contribution in [2.24, 2.45) is 11.5 Å². The summed E-state index contributed by atoms with van der Waals surface area (Å²) in [5, 5.41) is 9.54. The zero-order valence-corrected chi connectivity index (χ0v) is 10.5. The first-order valence-electron chi connectivity index (χ1n) is 5.39. The first-order chi connectivity index (χ1) is 7.43. The number of esters is 1. The molecule has 2 atom stereocenters. The summed E-state index contributed by atoms with van der Waals surface area (Å²) in [7, 11) is 0. The molecule has 5 N–H and O–H groups in total. The molecule has 1 fully saturated rings. The number of hydrogen-bond donors (Lipinski definition) is 3. The Kier molecular flexibility index (Phi) is 5.87. The van der Waals surface area contributed by atoms with Gasteiger partial charge in [-0.3, -0.25) is 4.79 Å². The van der Waals surface area contributed by atoms with Gasteiger partial charge in [0.15, 0.2) is 11.7 Å². The molecular weight excluding hydrogens is 248 g/mol. The average molecular weight is 267 g/mol. The molecule has 0 saturated heterocycles. The van der Waals surface area contributed by atoms with Crippen molar-refractivity contribution in [3.05, 3.63) is 0 Å². The predicted molar refractivity (Wildman–Crippen MR) is 63.4 cm³/mol. The Morgan fingerprint density at radius 3 is 2.35 bits per heavy atom. The summed E-state index contributed by atoms with van der Waals surface area (Å²) in [6.45, 7) is 1.89. The van der Waals surface area contributed by atoms with Gasteiger partial charge in [0.2, 0.25) is 0 Å². The third-order valence-corrected chi connectivity index (χ3v) is 2.72. The van der Waals surface area contributed by atoms with E-state index in [0.717, 1.165) is 6.42 Å². The van der Waals surface area contributed by atoms with E-state index in [-0.39, 0.29) is 12.4 Å². The van der Waals surface area contributed by atoms with Gasteiger partial charge < -0.3 is 21.3 Å². The van der Waals surface area contributed by atoms with Crippen molar-refractivity contribution in [1.82, 2.24) is 0 Å². The van der Waals surface area contributed by atoms with Crippen LogP contribution in [0, 0.1) is 0 Å². The highest BCUT2D eigenvalue weighted by atomic mass is 35.5. The second kappa shape index (κ2) is 6.18. The summed E-state index contributed by atoms with van der Waals surface area (Å²) in [5.74, 6) is -1.53. The van der Waals surface area contributed by atoms with Crippen LogP contribution in [-0.4, -0.2) is 34.7 Å². The fraction of sp³-hybridized carbons (Fsp3) is 0.800. The number of amides is 1. The number of hydrogen-bond acceptors (Lipinski definition) is 5. The van der Waals surface area contributed by atoms with Gasteiger partial charge in [-0.1, -0.05) is 13.3 Å². The average Bonchev–Trinajstić information content (AvgIpc) is 2.98. The van der Waals surface area contributed by atoms with E-state index in [0.29, 0.717) is 19.3 Å². The van der Waals surface area contributed by atoms with Gasteiger partial charge >= 0.3 is 5.97 Å². The smallest absolute Gasteiger partial charge is 0.337 e. The molecule has 0 aromatic carbocycles. The van der Waals surface area contributed by atoms with E-state index in [1.165, 1.54) is 0 Å². The lowest BCUT2D eigenvalue weighted by atomic mass is 10.1. The van der Waals surface area contributed by atoms with Gasteiger partial charge in [0.05, 0.1) is 0 Å². The molecule has 17 heavy (non-hydrogen) atoms. The second-order valence-corrected chi connectivity index (χ2v) is 4.18. The van der Waals surface area contributed by atoms with E-state index in [1.54, 1.807) is 0 Å². The molecule has 1 aliphatic carbocycles. The Bertz CT molecular complexity index is 294. The Labute approximate surface area is 106 Å². The van der Waals surface area contributed by atoms with Crippen LogP contribution in [0.1, 0.15) is 32.6 Å². The molecule has 0 spiro atoms. The number of carbonyl (C=O) groups excluding carboxylic acids is 2. The molecule has 0 radical (unpaired) electrons. The van der Waals surface area contributed by atoms with Gasteiger partial charge in [0.1, 0.15) is 0 Å². The zero-order valence-electron chi connectivity index (χ0n) is 9.72. The number of carbonyl (C=O) groups is 2. The first-order valence-corrected chi connectivity index (χ1v) is 5.39. The second-order valence-electron chi connectivity index (χ2n) is 4.18. The van der Waals surface area contributed by atoms with Crippen molar-refractivity contribution in [1.29, 1.82) is 0 Å². The van der Waals surface area contributed by atoms with Crippen LogP contribution in [0.15, 0.2) is 0 Å². The van der Waals surface area contributed by atoms with E-state index in [1.807, 2.05) is 6.92 Å². The van der Waals surface area contributed by atoms with E-state index in [2.05, 4.69) is 0 Å². The minimum atomic E-state index is -1.39. The molecule has 2 unspecified atom stereocenters. The van der Waals surface area contributed by atoms with Crippen molar-refractivity contribution in [3.8, 4) is 0 Å². The SMILES string of the molecule is CCCC(N)C(O)C(=O)OC1(C(N)=O)CC1.Cl. The molecule has 0 aromatic rings. The molecule has 1 saturated carbocycles. The molecule has 0 aromatic heterocycles. The summed E-state index contributed by atoms with van der Waals surface area (Å²) < 4.78 is 4.90. The highest BCUT2D eigenvalue weighted by Gasteiger charge is 2.53. The van der Waals surface area contributed by atoms with Gasteiger partial charge in [-0.05, 0) is 6.42 Å². The Balaban J connectivity index is 0.00000256. The largest absolute Gasteiger partial charge is 0.447 e. The van der Waals surface area contributed by atoms with E-state index < -0.39 is 29.6 Å². The van der Waals surface area contributed by atoms with Crippen molar-refractivity contribution < 1.29 is 19.4 Å². The summed E-state index contributed by atoms with van der Waals surface area (Å²) in [6, 6.07) is -0.666. The summed E-state index contributed by atoms with van der Waals surface area (Å²) in [4.78, 5) is 22.4. The highest BCUT2D eigenvalue weighted by molar-refractivity contribution is 5.90. The maximum Gasteiger partial charge on any atom is 0.337 e. The Morgan fingerprint density at radius 2 is 2.00 bits per heavy atom. The maximum atomic E-state index is 11.5. The van der Waals surface area contributed by atoms with Crippen LogP contribution in [0.2, 0.25) is 0 Å². The van der Waals surface area contributed by atoms with Gasteiger partial charge in [0, 0.05) is 18.9 Å². The van der Waals surface area contributed by atoms with Crippen molar-refractivity contribution in [2.75, 3.05) is 0 Å². The lowest BCUT2D eigenvalue weighted by molar-refractivity contribution is -0.166. The van der Waals surface area contributed by atoms with Crippen LogP contribution >= 0.6 is 12.4 Å². The summed E-state index contributed by atoms with van der Waals surface area (Å²) in [6.07, 6.45) is 0.719. The van der Waals surface area contributed by atoms with Crippen molar-refractivity contribution >= 4 is 24.3 Å². The fourth-order valence-electron chi connectivity index (χ4n) is 1.43. The van der Waals surface area contributed by atoms with Crippen LogP contribution in [0.25, 0.3) is 0 Å². The molecule has 1 aliphatic rings. The number of aliphatic hydroxyl groups excluding tert-OH is 1. The molecule has 6 nitrogen and oxygen atoms in total. The highest BCUT2D eigenvalue weighted by Crippen LogP contribution is 2.39. The van der Waals surface area contributed by atoms with Crippen LogP contribution in [-0.2, 0) is 14.3 Å². The predicted octanol–water partition coefficient (Wildman–Crippen LogP) is -0.542. The number of primary amides is 1. The number of ether oxygens (including phenoxy) is 1. The summed E-state index contributed by atoms with van der Waals surface area (Å²) in [5.41, 5.74) is 9.47. The third kappa shape index (κ3) is 3.83. The molecule has 0 bridgehead atoms. The Morgan fingerprint density at radius 1 is 1.47 bits per heavy atom. The molecule has 7 heteroatoms. The molecule has 0 heterocycles.